The van der Waals surface area contributed by atoms with E-state index in [9.17, 15) is 19.1 Å². The first kappa shape index (κ1) is 18.8. The predicted octanol–water partition coefficient (Wildman–Crippen LogP) is 3.35. The largest absolute Gasteiger partial charge is 0.478 e. The van der Waals surface area contributed by atoms with Gasteiger partial charge in [-0.1, -0.05) is 18.2 Å². The molecule has 1 heterocycles. The number of carbonyl (C=O) groups excluding carboxylic acids is 1. The van der Waals surface area contributed by atoms with Crippen LogP contribution in [0, 0.1) is 5.82 Å². The zero-order chi connectivity index (χ0) is 19.9. The average molecular weight is 381 g/mol. The van der Waals surface area contributed by atoms with Crippen molar-refractivity contribution in [2.75, 3.05) is 11.9 Å². The number of carbonyl (C=O) groups is 2. The summed E-state index contributed by atoms with van der Waals surface area (Å²) in [6, 6.07) is 15.3. The van der Waals surface area contributed by atoms with Gasteiger partial charge in [0.05, 0.1) is 18.3 Å². The number of halogens is 1. The van der Waals surface area contributed by atoms with Crippen molar-refractivity contribution in [1.82, 2.24) is 5.43 Å². The summed E-state index contributed by atoms with van der Waals surface area (Å²) in [5.41, 5.74) is 3.51. The van der Waals surface area contributed by atoms with Gasteiger partial charge in [-0.2, -0.15) is 5.10 Å². The van der Waals surface area contributed by atoms with Gasteiger partial charge < -0.3 is 14.8 Å². The Balaban J connectivity index is 1.56. The summed E-state index contributed by atoms with van der Waals surface area (Å²) in [7, 11) is 0. The summed E-state index contributed by atoms with van der Waals surface area (Å²) in [5, 5.41) is 15.9. The fraction of sp³-hybridized carbons (Fsp3) is 0.0500. The number of hydrazone groups is 1. The van der Waals surface area contributed by atoms with Gasteiger partial charge in [-0.05, 0) is 42.5 Å². The van der Waals surface area contributed by atoms with E-state index < -0.39 is 11.9 Å². The first-order valence-corrected chi connectivity index (χ1v) is 8.27. The van der Waals surface area contributed by atoms with Gasteiger partial charge in [-0.15, -0.1) is 0 Å². The van der Waals surface area contributed by atoms with Crippen LogP contribution in [0.5, 0.6) is 0 Å². The molecule has 0 unspecified atom stereocenters. The van der Waals surface area contributed by atoms with Crippen molar-refractivity contribution in [2.45, 2.75) is 0 Å². The average Bonchev–Trinajstić information content (AvgIpc) is 3.16. The molecule has 2 aromatic carbocycles. The molecule has 1 aromatic heterocycles. The summed E-state index contributed by atoms with van der Waals surface area (Å²) < 4.78 is 18.4. The smallest absolute Gasteiger partial charge is 0.336 e. The Labute approximate surface area is 159 Å². The molecule has 3 rings (SSSR count). The lowest BCUT2D eigenvalue weighted by Crippen LogP contribution is -2.25. The molecular weight excluding hydrogens is 365 g/mol. The van der Waals surface area contributed by atoms with E-state index in [0.717, 1.165) is 0 Å². The van der Waals surface area contributed by atoms with Crippen LogP contribution in [-0.2, 0) is 4.79 Å². The number of furan rings is 1. The highest BCUT2D eigenvalue weighted by Crippen LogP contribution is 2.25. The van der Waals surface area contributed by atoms with E-state index in [1.807, 2.05) is 0 Å². The van der Waals surface area contributed by atoms with Gasteiger partial charge in [0.2, 0.25) is 0 Å². The van der Waals surface area contributed by atoms with Gasteiger partial charge in [0, 0.05) is 11.3 Å². The molecule has 0 bridgehead atoms. The molecule has 28 heavy (non-hydrogen) atoms. The van der Waals surface area contributed by atoms with Gasteiger partial charge in [0.25, 0.3) is 5.91 Å². The topological polar surface area (TPSA) is 104 Å². The maximum atomic E-state index is 12.8. The van der Waals surface area contributed by atoms with E-state index in [-0.39, 0.29) is 17.9 Å². The van der Waals surface area contributed by atoms with Gasteiger partial charge in [0.15, 0.2) is 0 Å². The Kier molecular flexibility index (Phi) is 5.81. The number of nitrogens with zero attached hydrogens (tertiary/aromatic N) is 1. The lowest BCUT2D eigenvalue weighted by atomic mass is 10.1. The Bertz CT molecular complexity index is 1010. The number of carboxylic acid groups (broad SMARTS) is 1. The second kappa shape index (κ2) is 8.63. The summed E-state index contributed by atoms with van der Waals surface area (Å²) in [5.74, 6) is -1.08. The van der Waals surface area contributed by atoms with Crippen molar-refractivity contribution in [1.29, 1.82) is 0 Å². The highest BCUT2D eigenvalue weighted by molar-refractivity contribution is 5.95. The number of nitrogens with one attached hydrogen (secondary N) is 2. The van der Waals surface area contributed by atoms with Crippen molar-refractivity contribution in [3.63, 3.8) is 0 Å². The lowest BCUT2D eigenvalue weighted by Gasteiger charge is -2.04. The number of rotatable bonds is 7. The molecule has 3 N–H and O–H groups in total. The summed E-state index contributed by atoms with van der Waals surface area (Å²) in [6.45, 7) is -0.0433. The third kappa shape index (κ3) is 4.82. The molecule has 0 saturated heterocycles. The molecule has 3 aromatic rings. The minimum atomic E-state index is -1.05. The number of anilines is 1. The van der Waals surface area contributed by atoms with Crippen LogP contribution in [0.4, 0.5) is 10.1 Å². The molecule has 0 saturated carbocycles. The summed E-state index contributed by atoms with van der Waals surface area (Å²) in [4.78, 5) is 23.1. The third-order valence-corrected chi connectivity index (χ3v) is 3.73. The van der Waals surface area contributed by atoms with E-state index in [1.165, 1.54) is 36.5 Å². The molecule has 1 amide bonds. The molecule has 8 heteroatoms. The van der Waals surface area contributed by atoms with E-state index in [1.54, 1.807) is 30.3 Å². The number of hydrogen-bond donors (Lipinski definition) is 3. The van der Waals surface area contributed by atoms with Crippen molar-refractivity contribution in [2.24, 2.45) is 5.10 Å². The van der Waals surface area contributed by atoms with Crippen LogP contribution < -0.4 is 10.7 Å². The first-order valence-electron chi connectivity index (χ1n) is 8.27. The van der Waals surface area contributed by atoms with Crippen LogP contribution in [0.3, 0.4) is 0 Å². The quantitative estimate of drug-likeness (QED) is 0.430. The zero-order valence-corrected chi connectivity index (χ0v) is 14.6. The number of aromatic carboxylic acids is 1. The van der Waals surface area contributed by atoms with Crippen molar-refractivity contribution >= 4 is 23.8 Å². The van der Waals surface area contributed by atoms with E-state index in [0.29, 0.717) is 22.8 Å². The fourth-order valence-corrected chi connectivity index (χ4v) is 2.41. The van der Waals surface area contributed by atoms with Crippen LogP contribution in [0.15, 0.2) is 70.2 Å². The maximum Gasteiger partial charge on any atom is 0.336 e. The zero-order valence-electron chi connectivity index (χ0n) is 14.6. The summed E-state index contributed by atoms with van der Waals surface area (Å²) in [6.07, 6.45) is 1.31. The second-order valence-corrected chi connectivity index (χ2v) is 5.71. The Morgan fingerprint density at radius 3 is 2.57 bits per heavy atom. The molecular formula is C20H16FN3O4. The minimum absolute atomic E-state index is 0.0433. The number of hydrogen-bond acceptors (Lipinski definition) is 5. The molecule has 0 spiro atoms. The molecule has 0 fully saturated rings. The molecule has 0 aliphatic heterocycles. The fourth-order valence-electron chi connectivity index (χ4n) is 2.41. The van der Waals surface area contributed by atoms with Gasteiger partial charge in [0.1, 0.15) is 17.3 Å². The monoisotopic (exact) mass is 381 g/mol. The van der Waals surface area contributed by atoms with Crippen LogP contribution in [0.25, 0.3) is 11.3 Å². The highest BCUT2D eigenvalue weighted by atomic mass is 19.1. The van der Waals surface area contributed by atoms with E-state index >= 15 is 0 Å². The Morgan fingerprint density at radius 2 is 1.82 bits per heavy atom. The Hall–Kier alpha value is -3.94. The number of carboxylic acids is 1. The van der Waals surface area contributed by atoms with Gasteiger partial charge in [-0.25, -0.2) is 14.6 Å². The number of amides is 1. The van der Waals surface area contributed by atoms with Gasteiger partial charge >= 0.3 is 5.97 Å². The SMILES string of the molecule is O=C(CNc1ccc(F)cc1)N/N=C\c1ccc(-c2ccccc2C(=O)O)o1. The van der Waals surface area contributed by atoms with Crippen molar-refractivity contribution in [3.05, 3.63) is 77.8 Å². The van der Waals surface area contributed by atoms with Crippen LogP contribution in [0.1, 0.15) is 16.1 Å². The molecule has 0 radical (unpaired) electrons. The molecule has 0 aliphatic carbocycles. The Morgan fingerprint density at radius 1 is 1.07 bits per heavy atom. The van der Waals surface area contributed by atoms with E-state index in [2.05, 4.69) is 15.8 Å². The lowest BCUT2D eigenvalue weighted by molar-refractivity contribution is -0.119. The number of benzene rings is 2. The summed E-state index contributed by atoms with van der Waals surface area (Å²) >= 11 is 0. The standard InChI is InChI=1S/C20H16FN3O4/c21-13-5-7-14(8-6-13)22-12-19(25)24-23-11-15-9-10-18(28-15)16-3-1-2-4-17(16)20(26)27/h1-11,22H,12H2,(H,24,25)(H,26,27)/b23-11-. The normalized spacial score (nSPS) is 10.8. The molecule has 0 aliphatic rings. The third-order valence-electron chi connectivity index (χ3n) is 3.73. The van der Waals surface area contributed by atoms with E-state index in [4.69, 9.17) is 4.42 Å². The first-order chi connectivity index (χ1) is 13.5. The van der Waals surface area contributed by atoms with Crippen LogP contribution >= 0.6 is 0 Å². The van der Waals surface area contributed by atoms with Crippen LogP contribution in [0.2, 0.25) is 0 Å². The minimum Gasteiger partial charge on any atom is -0.478 e. The van der Waals surface area contributed by atoms with Crippen LogP contribution in [-0.4, -0.2) is 29.7 Å². The molecule has 7 nitrogen and oxygen atoms in total. The maximum absolute atomic E-state index is 12.8. The molecule has 0 atom stereocenters. The van der Waals surface area contributed by atoms with Crippen molar-refractivity contribution in [3.8, 4) is 11.3 Å². The van der Waals surface area contributed by atoms with Gasteiger partial charge in [-0.3, -0.25) is 4.79 Å². The van der Waals surface area contributed by atoms with Crippen molar-refractivity contribution < 1.29 is 23.5 Å². The second-order valence-electron chi connectivity index (χ2n) is 5.71. The predicted molar refractivity (Wildman–Crippen MR) is 102 cm³/mol. The molecule has 142 valence electrons. The highest BCUT2D eigenvalue weighted by Gasteiger charge is 2.13.